The van der Waals surface area contributed by atoms with Crippen LogP contribution in [-0.4, -0.2) is 46.2 Å². The van der Waals surface area contributed by atoms with Gasteiger partial charge in [-0.3, -0.25) is 9.89 Å². The van der Waals surface area contributed by atoms with E-state index < -0.39 is 0 Å². The highest BCUT2D eigenvalue weighted by Gasteiger charge is 2.26. The maximum absolute atomic E-state index is 11.6. The standard InChI is InChI=1S/C12H15ClN6O/c1-14-11(20)7-2-4-19(5-3-7)10-8-6-15-18-9(8)16-12(13)17-10/h6-7H,2-5H2,1H3,(H,14,20)(H,15,16,17,18). The summed E-state index contributed by atoms with van der Waals surface area (Å²) in [6.45, 7) is 1.54. The Bertz CT molecular complexity index is 634. The summed E-state index contributed by atoms with van der Waals surface area (Å²) in [7, 11) is 1.67. The zero-order valence-electron chi connectivity index (χ0n) is 11.1. The number of H-pyrrole nitrogens is 1. The Labute approximate surface area is 120 Å². The molecule has 2 aromatic rings. The maximum Gasteiger partial charge on any atom is 0.226 e. The van der Waals surface area contributed by atoms with E-state index in [2.05, 4.69) is 30.4 Å². The Morgan fingerprint density at radius 2 is 2.20 bits per heavy atom. The van der Waals surface area contributed by atoms with Crippen LogP contribution in [0, 0.1) is 5.92 Å². The van der Waals surface area contributed by atoms with Gasteiger partial charge in [-0.2, -0.15) is 15.1 Å². The van der Waals surface area contributed by atoms with Gasteiger partial charge < -0.3 is 10.2 Å². The van der Waals surface area contributed by atoms with Gasteiger partial charge in [0.25, 0.3) is 0 Å². The van der Waals surface area contributed by atoms with Gasteiger partial charge in [0.05, 0.1) is 11.6 Å². The summed E-state index contributed by atoms with van der Waals surface area (Å²) in [4.78, 5) is 22.2. The second-order valence-electron chi connectivity index (χ2n) is 4.82. The van der Waals surface area contributed by atoms with Crippen LogP contribution in [0.4, 0.5) is 5.82 Å². The van der Waals surface area contributed by atoms with Crippen molar-refractivity contribution in [3.63, 3.8) is 0 Å². The van der Waals surface area contributed by atoms with Crippen molar-refractivity contribution in [3.05, 3.63) is 11.5 Å². The number of halogens is 1. The van der Waals surface area contributed by atoms with Gasteiger partial charge in [0.15, 0.2) is 5.65 Å². The van der Waals surface area contributed by atoms with E-state index in [0.717, 1.165) is 37.1 Å². The lowest BCUT2D eigenvalue weighted by Gasteiger charge is -2.32. The predicted molar refractivity (Wildman–Crippen MR) is 75.7 cm³/mol. The Balaban J connectivity index is 1.83. The number of aromatic amines is 1. The molecule has 0 spiro atoms. The molecule has 20 heavy (non-hydrogen) atoms. The first-order chi connectivity index (χ1) is 9.69. The third kappa shape index (κ3) is 2.29. The van der Waals surface area contributed by atoms with E-state index >= 15 is 0 Å². The molecule has 7 nitrogen and oxygen atoms in total. The first-order valence-electron chi connectivity index (χ1n) is 6.52. The van der Waals surface area contributed by atoms with Crippen LogP contribution in [0.5, 0.6) is 0 Å². The number of anilines is 1. The fourth-order valence-corrected chi connectivity index (χ4v) is 2.76. The van der Waals surface area contributed by atoms with Crippen molar-refractivity contribution in [1.29, 1.82) is 0 Å². The molecular formula is C12H15ClN6O. The number of aromatic nitrogens is 4. The molecule has 1 aliphatic rings. The molecule has 2 aromatic heterocycles. The smallest absolute Gasteiger partial charge is 0.226 e. The van der Waals surface area contributed by atoms with Gasteiger partial charge in [-0.25, -0.2) is 0 Å². The molecular weight excluding hydrogens is 280 g/mol. The lowest BCUT2D eigenvalue weighted by Crippen LogP contribution is -2.40. The number of hydrogen-bond donors (Lipinski definition) is 2. The molecule has 0 saturated carbocycles. The predicted octanol–water partition coefficient (Wildman–Crippen LogP) is 0.969. The summed E-state index contributed by atoms with van der Waals surface area (Å²) >= 11 is 5.94. The van der Waals surface area contributed by atoms with Crippen LogP contribution < -0.4 is 10.2 Å². The zero-order valence-corrected chi connectivity index (χ0v) is 11.8. The largest absolute Gasteiger partial charge is 0.359 e. The average molecular weight is 295 g/mol. The molecule has 3 rings (SSSR count). The van der Waals surface area contributed by atoms with Crippen molar-refractivity contribution in [2.24, 2.45) is 5.92 Å². The first kappa shape index (κ1) is 13.1. The average Bonchev–Trinajstić information content (AvgIpc) is 2.94. The quantitative estimate of drug-likeness (QED) is 0.806. The topological polar surface area (TPSA) is 86.8 Å². The number of hydrogen-bond acceptors (Lipinski definition) is 5. The number of piperidine rings is 1. The molecule has 106 valence electrons. The third-order valence-electron chi connectivity index (χ3n) is 3.67. The van der Waals surface area contributed by atoms with Gasteiger partial charge in [0.1, 0.15) is 5.82 Å². The highest BCUT2D eigenvalue weighted by atomic mass is 35.5. The van der Waals surface area contributed by atoms with Crippen LogP contribution in [0.25, 0.3) is 11.0 Å². The van der Waals surface area contributed by atoms with Gasteiger partial charge in [-0.1, -0.05) is 0 Å². The second-order valence-corrected chi connectivity index (χ2v) is 5.16. The molecule has 1 aliphatic heterocycles. The Morgan fingerprint density at radius 1 is 1.45 bits per heavy atom. The molecule has 0 atom stereocenters. The highest BCUT2D eigenvalue weighted by molar-refractivity contribution is 6.28. The normalized spacial score (nSPS) is 16.6. The summed E-state index contributed by atoms with van der Waals surface area (Å²) in [6, 6.07) is 0. The van der Waals surface area contributed by atoms with E-state index in [1.165, 1.54) is 0 Å². The highest BCUT2D eigenvalue weighted by Crippen LogP contribution is 2.28. The molecule has 0 unspecified atom stereocenters. The van der Waals surface area contributed by atoms with Crippen LogP contribution in [0.3, 0.4) is 0 Å². The molecule has 2 N–H and O–H groups in total. The number of carbonyl (C=O) groups excluding carboxylic acids is 1. The van der Waals surface area contributed by atoms with Crippen molar-refractivity contribution in [1.82, 2.24) is 25.5 Å². The van der Waals surface area contributed by atoms with E-state index in [1.54, 1.807) is 13.2 Å². The van der Waals surface area contributed by atoms with Gasteiger partial charge >= 0.3 is 0 Å². The van der Waals surface area contributed by atoms with Crippen molar-refractivity contribution in [2.75, 3.05) is 25.0 Å². The van der Waals surface area contributed by atoms with Gasteiger partial charge in [0.2, 0.25) is 11.2 Å². The summed E-state index contributed by atoms with van der Waals surface area (Å²) in [5, 5.41) is 10.5. The number of amides is 1. The number of nitrogens with zero attached hydrogens (tertiary/aromatic N) is 4. The maximum atomic E-state index is 11.6. The van der Waals surface area contributed by atoms with E-state index in [0.29, 0.717) is 5.65 Å². The first-order valence-corrected chi connectivity index (χ1v) is 6.90. The number of carbonyl (C=O) groups is 1. The second kappa shape index (κ2) is 5.24. The lowest BCUT2D eigenvalue weighted by atomic mass is 9.96. The van der Waals surface area contributed by atoms with E-state index in [9.17, 15) is 4.79 Å². The van der Waals surface area contributed by atoms with Crippen LogP contribution in [-0.2, 0) is 4.79 Å². The molecule has 1 fully saturated rings. The van der Waals surface area contributed by atoms with Gasteiger partial charge in [0, 0.05) is 26.1 Å². The van der Waals surface area contributed by atoms with E-state index in [1.807, 2.05) is 0 Å². The van der Waals surface area contributed by atoms with Crippen LogP contribution in [0.2, 0.25) is 5.28 Å². The molecule has 1 saturated heterocycles. The summed E-state index contributed by atoms with van der Waals surface area (Å²) < 4.78 is 0. The SMILES string of the molecule is CNC(=O)C1CCN(c2nc(Cl)nc3[nH]ncc23)CC1. The van der Waals surface area contributed by atoms with Crippen LogP contribution >= 0.6 is 11.6 Å². The fourth-order valence-electron chi connectivity index (χ4n) is 2.59. The number of nitrogens with one attached hydrogen (secondary N) is 2. The van der Waals surface area contributed by atoms with Crippen LogP contribution in [0.1, 0.15) is 12.8 Å². The molecule has 8 heteroatoms. The molecule has 3 heterocycles. The van der Waals surface area contributed by atoms with Gasteiger partial charge in [-0.05, 0) is 24.4 Å². The summed E-state index contributed by atoms with van der Waals surface area (Å²) in [6.07, 6.45) is 3.31. The minimum atomic E-state index is 0.0772. The summed E-state index contributed by atoms with van der Waals surface area (Å²) in [5.74, 6) is 0.969. The van der Waals surface area contributed by atoms with Crippen molar-refractivity contribution < 1.29 is 4.79 Å². The Hall–Kier alpha value is -1.89. The molecule has 0 radical (unpaired) electrons. The Kier molecular flexibility index (Phi) is 3.43. The molecule has 0 aromatic carbocycles. The molecule has 0 bridgehead atoms. The minimum absolute atomic E-state index is 0.0772. The summed E-state index contributed by atoms with van der Waals surface area (Å²) in [5.41, 5.74) is 0.633. The fraction of sp³-hybridized carbons (Fsp3) is 0.500. The number of fused-ring (bicyclic) bond motifs is 1. The van der Waals surface area contributed by atoms with Crippen molar-refractivity contribution in [3.8, 4) is 0 Å². The molecule has 0 aliphatic carbocycles. The minimum Gasteiger partial charge on any atom is -0.359 e. The van der Waals surface area contributed by atoms with Crippen molar-refractivity contribution >= 4 is 34.4 Å². The Morgan fingerprint density at radius 3 is 2.90 bits per heavy atom. The monoisotopic (exact) mass is 294 g/mol. The lowest BCUT2D eigenvalue weighted by molar-refractivity contribution is -0.125. The third-order valence-corrected chi connectivity index (χ3v) is 3.84. The van der Waals surface area contributed by atoms with E-state index in [4.69, 9.17) is 11.6 Å². The van der Waals surface area contributed by atoms with E-state index in [-0.39, 0.29) is 17.1 Å². The molecule has 1 amide bonds. The van der Waals surface area contributed by atoms with Crippen LogP contribution in [0.15, 0.2) is 6.20 Å². The van der Waals surface area contributed by atoms with Gasteiger partial charge in [-0.15, -0.1) is 0 Å². The van der Waals surface area contributed by atoms with Crippen molar-refractivity contribution in [2.45, 2.75) is 12.8 Å². The zero-order chi connectivity index (χ0) is 14.1. The number of rotatable bonds is 2.